The summed E-state index contributed by atoms with van der Waals surface area (Å²) >= 11 is 1.61. The molecule has 1 N–H and O–H groups in total. The first-order valence-electron chi connectivity index (χ1n) is 8.81. The van der Waals surface area contributed by atoms with Crippen molar-refractivity contribution >= 4 is 28.8 Å². The minimum absolute atomic E-state index is 0.144. The van der Waals surface area contributed by atoms with E-state index in [2.05, 4.69) is 10.3 Å². The van der Waals surface area contributed by atoms with Gasteiger partial charge < -0.3 is 10.2 Å². The standard InChI is InChI=1S/C21H19N3O2S/c25-20(11-15-6-10-27-14-15)24-9-5-16-1-2-19(12-18(16)13-24)23-21(26)17-3-7-22-8-4-17/h1-4,6-8,10,12,14H,5,9,11,13H2,(H,23,26). The molecule has 27 heavy (non-hydrogen) atoms. The predicted octanol–water partition coefficient (Wildman–Crippen LogP) is 3.52. The van der Waals surface area contributed by atoms with Crippen LogP contribution in [0.25, 0.3) is 0 Å². The molecule has 0 atom stereocenters. The first-order chi connectivity index (χ1) is 13.2. The smallest absolute Gasteiger partial charge is 0.255 e. The lowest BCUT2D eigenvalue weighted by atomic mass is 9.98. The number of fused-ring (bicyclic) bond motifs is 1. The molecule has 0 fully saturated rings. The van der Waals surface area contributed by atoms with Crippen LogP contribution in [0.15, 0.2) is 59.6 Å². The SMILES string of the molecule is O=C(Nc1ccc2c(c1)CN(C(=O)Cc1ccsc1)CC2)c1ccncc1. The van der Waals surface area contributed by atoms with Gasteiger partial charge in [0.15, 0.2) is 0 Å². The van der Waals surface area contributed by atoms with E-state index in [1.807, 2.05) is 39.9 Å². The van der Waals surface area contributed by atoms with Gasteiger partial charge in [0.25, 0.3) is 5.91 Å². The number of hydrogen-bond donors (Lipinski definition) is 1. The summed E-state index contributed by atoms with van der Waals surface area (Å²) in [5.41, 5.74) is 4.69. The second-order valence-electron chi connectivity index (χ2n) is 6.55. The van der Waals surface area contributed by atoms with E-state index in [0.29, 0.717) is 18.5 Å². The van der Waals surface area contributed by atoms with Crippen LogP contribution in [-0.4, -0.2) is 28.2 Å². The van der Waals surface area contributed by atoms with Crippen LogP contribution in [0.4, 0.5) is 5.69 Å². The largest absolute Gasteiger partial charge is 0.338 e. The number of anilines is 1. The van der Waals surface area contributed by atoms with Gasteiger partial charge >= 0.3 is 0 Å². The zero-order valence-electron chi connectivity index (χ0n) is 14.7. The number of carbonyl (C=O) groups excluding carboxylic acids is 2. The molecule has 3 heterocycles. The van der Waals surface area contributed by atoms with Crippen molar-refractivity contribution in [3.63, 3.8) is 0 Å². The number of rotatable bonds is 4. The molecule has 1 aliphatic heterocycles. The van der Waals surface area contributed by atoms with Crippen LogP contribution in [0.5, 0.6) is 0 Å². The first kappa shape index (κ1) is 17.4. The number of carbonyl (C=O) groups is 2. The zero-order chi connectivity index (χ0) is 18.6. The number of amides is 2. The molecule has 0 radical (unpaired) electrons. The molecule has 4 rings (SSSR count). The van der Waals surface area contributed by atoms with E-state index in [1.165, 1.54) is 5.56 Å². The lowest BCUT2D eigenvalue weighted by Crippen LogP contribution is -2.36. The summed E-state index contributed by atoms with van der Waals surface area (Å²) in [7, 11) is 0. The summed E-state index contributed by atoms with van der Waals surface area (Å²) in [4.78, 5) is 30.7. The van der Waals surface area contributed by atoms with Gasteiger partial charge in [-0.05, 0) is 64.2 Å². The van der Waals surface area contributed by atoms with Crippen LogP contribution in [0.3, 0.4) is 0 Å². The highest BCUT2D eigenvalue weighted by Crippen LogP contribution is 2.24. The number of nitrogens with zero attached hydrogens (tertiary/aromatic N) is 2. The van der Waals surface area contributed by atoms with Gasteiger partial charge in [0.05, 0.1) is 6.42 Å². The zero-order valence-corrected chi connectivity index (χ0v) is 15.5. The minimum atomic E-state index is -0.168. The molecule has 136 valence electrons. The topological polar surface area (TPSA) is 62.3 Å². The highest BCUT2D eigenvalue weighted by Gasteiger charge is 2.21. The molecule has 0 aliphatic carbocycles. The maximum atomic E-state index is 12.6. The molecule has 2 aromatic heterocycles. The van der Waals surface area contributed by atoms with Crippen molar-refractivity contribution < 1.29 is 9.59 Å². The Balaban J connectivity index is 1.45. The summed E-state index contributed by atoms with van der Waals surface area (Å²) in [5, 5.41) is 6.93. The van der Waals surface area contributed by atoms with Gasteiger partial charge in [0, 0.05) is 36.7 Å². The summed E-state index contributed by atoms with van der Waals surface area (Å²) in [6.45, 7) is 1.32. The van der Waals surface area contributed by atoms with Gasteiger partial charge in [0.1, 0.15) is 0 Å². The molecule has 1 aliphatic rings. The Morgan fingerprint density at radius 3 is 2.74 bits per heavy atom. The third kappa shape index (κ3) is 4.06. The third-order valence-corrected chi connectivity index (χ3v) is 5.44. The van der Waals surface area contributed by atoms with Crippen molar-refractivity contribution in [1.29, 1.82) is 0 Å². The van der Waals surface area contributed by atoms with Crippen molar-refractivity contribution in [2.24, 2.45) is 0 Å². The van der Waals surface area contributed by atoms with Crippen LogP contribution in [0.1, 0.15) is 27.0 Å². The monoisotopic (exact) mass is 377 g/mol. The Kier molecular flexibility index (Phi) is 4.98. The second kappa shape index (κ2) is 7.72. The highest BCUT2D eigenvalue weighted by atomic mass is 32.1. The molecule has 6 heteroatoms. The Morgan fingerprint density at radius 1 is 1.11 bits per heavy atom. The van der Waals surface area contributed by atoms with Crippen LogP contribution < -0.4 is 5.32 Å². The number of pyridine rings is 1. The van der Waals surface area contributed by atoms with E-state index in [4.69, 9.17) is 0 Å². The minimum Gasteiger partial charge on any atom is -0.338 e. The second-order valence-corrected chi connectivity index (χ2v) is 7.33. The summed E-state index contributed by atoms with van der Waals surface area (Å²) in [6.07, 6.45) is 4.47. The van der Waals surface area contributed by atoms with Crippen LogP contribution in [0.2, 0.25) is 0 Å². The summed E-state index contributed by atoms with van der Waals surface area (Å²) in [6, 6.07) is 11.3. The average molecular weight is 377 g/mol. The fourth-order valence-electron chi connectivity index (χ4n) is 3.23. The van der Waals surface area contributed by atoms with E-state index in [0.717, 1.165) is 29.8 Å². The normalized spacial score (nSPS) is 13.1. The molecule has 0 bridgehead atoms. The first-order valence-corrected chi connectivity index (χ1v) is 9.75. The lowest BCUT2D eigenvalue weighted by Gasteiger charge is -2.29. The van der Waals surface area contributed by atoms with Crippen molar-refractivity contribution in [2.75, 3.05) is 11.9 Å². The van der Waals surface area contributed by atoms with Gasteiger partial charge in [0.2, 0.25) is 5.91 Å². The van der Waals surface area contributed by atoms with Crippen molar-refractivity contribution in [1.82, 2.24) is 9.88 Å². The number of hydrogen-bond acceptors (Lipinski definition) is 4. The van der Waals surface area contributed by atoms with Gasteiger partial charge in [-0.3, -0.25) is 14.6 Å². The van der Waals surface area contributed by atoms with Gasteiger partial charge in [-0.25, -0.2) is 0 Å². The Morgan fingerprint density at radius 2 is 1.96 bits per heavy atom. The molecule has 0 unspecified atom stereocenters. The molecule has 5 nitrogen and oxygen atoms in total. The quantitative estimate of drug-likeness (QED) is 0.757. The average Bonchev–Trinajstić information content (AvgIpc) is 3.21. The number of nitrogens with one attached hydrogen (secondary N) is 1. The Bertz CT molecular complexity index is 955. The van der Waals surface area contributed by atoms with E-state index in [-0.39, 0.29) is 11.8 Å². The van der Waals surface area contributed by atoms with E-state index in [9.17, 15) is 9.59 Å². The third-order valence-electron chi connectivity index (χ3n) is 4.71. The molecule has 0 spiro atoms. The van der Waals surface area contributed by atoms with E-state index in [1.54, 1.807) is 35.9 Å². The molecule has 3 aromatic rings. The van der Waals surface area contributed by atoms with Gasteiger partial charge in [-0.15, -0.1) is 0 Å². The molecule has 1 aromatic carbocycles. The fourth-order valence-corrected chi connectivity index (χ4v) is 3.90. The molecule has 0 saturated heterocycles. The predicted molar refractivity (Wildman–Crippen MR) is 106 cm³/mol. The van der Waals surface area contributed by atoms with Crippen LogP contribution in [-0.2, 0) is 24.2 Å². The van der Waals surface area contributed by atoms with Gasteiger partial charge in [-0.1, -0.05) is 6.07 Å². The lowest BCUT2D eigenvalue weighted by molar-refractivity contribution is -0.131. The fraction of sp³-hybridized carbons (Fsp3) is 0.190. The molecular weight excluding hydrogens is 358 g/mol. The maximum absolute atomic E-state index is 12.6. The number of benzene rings is 1. The van der Waals surface area contributed by atoms with Crippen LogP contribution in [0, 0.1) is 0 Å². The maximum Gasteiger partial charge on any atom is 0.255 e. The molecule has 0 saturated carbocycles. The van der Waals surface area contributed by atoms with E-state index < -0.39 is 0 Å². The summed E-state index contributed by atoms with van der Waals surface area (Å²) < 4.78 is 0. The Labute approximate surface area is 161 Å². The Hall–Kier alpha value is -2.99. The van der Waals surface area contributed by atoms with Crippen molar-refractivity contribution in [3.05, 3.63) is 81.8 Å². The van der Waals surface area contributed by atoms with E-state index >= 15 is 0 Å². The van der Waals surface area contributed by atoms with Gasteiger partial charge in [-0.2, -0.15) is 11.3 Å². The molecule has 2 amide bonds. The van der Waals surface area contributed by atoms with Crippen molar-refractivity contribution in [2.45, 2.75) is 19.4 Å². The van der Waals surface area contributed by atoms with Crippen LogP contribution >= 0.6 is 11.3 Å². The van der Waals surface area contributed by atoms with Crippen molar-refractivity contribution in [3.8, 4) is 0 Å². The summed E-state index contributed by atoms with van der Waals surface area (Å²) in [5.74, 6) is -0.0242. The molecular formula is C21H19N3O2S. The highest BCUT2D eigenvalue weighted by molar-refractivity contribution is 7.08. The number of thiophene rings is 1. The number of aromatic nitrogens is 1.